The Labute approximate surface area is 161 Å². The van der Waals surface area contributed by atoms with Gasteiger partial charge < -0.3 is 10.2 Å². The van der Waals surface area contributed by atoms with Gasteiger partial charge in [0.05, 0.1) is 24.1 Å². The van der Waals surface area contributed by atoms with E-state index in [9.17, 15) is 13.2 Å². The maximum Gasteiger partial charge on any atom is 0.246 e. The molecule has 0 spiro atoms. The highest BCUT2D eigenvalue weighted by atomic mass is 127. The van der Waals surface area contributed by atoms with Crippen molar-refractivity contribution in [1.29, 1.82) is 0 Å². The molecule has 1 aliphatic heterocycles. The summed E-state index contributed by atoms with van der Waals surface area (Å²) in [6, 6.07) is 16.7. The molecule has 2 aromatic carbocycles. The van der Waals surface area contributed by atoms with Crippen molar-refractivity contribution in [1.82, 2.24) is 0 Å². The first kappa shape index (κ1) is 18.2. The summed E-state index contributed by atoms with van der Waals surface area (Å²) in [5.41, 5.74) is 1.63. The second kappa shape index (κ2) is 7.74. The van der Waals surface area contributed by atoms with Gasteiger partial charge in [-0.25, -0.2) is 8.42 Å². The second-order valence-electron chi connectivity index (χ2n) is 5.99. The Morgan fingerprint density at radius 3 is 2.44 bits per heavy atom. The van der Waals surface area contributed by atoms with Crippen LogP contribution in [0.15, 0.2) is 54.6 Å². The van der Waals surface area contributed by atoms with Gasteiger partial charge in [0.2, 0.25) is 5.91 Å². The minimum atomic E-state index is -3.07. The van der Waals surface area contributed by atoms with E-state index in [4.69, 9.17) is 0 Å². The molecule has 1 N–H and O–H groups in total. The first-order valence-electron chi connectivity index (χ1n) is 8.02. The van der Waals surface area contributed by atoms with Crippen LogP contribution in [0.3, 0.4) is 0 Å². The normalized spacial score (nSPS) is 18.7. The van der Waals surface area contributed by atoms with Gasteiger partial charge in [-0.3, -0.25) is 4.79 Å². The first-order chi connectivity index (χ1) is 12.0. The van der Waals surface area contributed by atoms with E-state index in [1.807, 2.05) is 54.6 Å². The number of sulfone groups is 1. The maximum absolute atomic E-state index is 12.9. The number of halogens is 1. The summed E-state index contributed by atoms with van der Waals surface area (Å²) in [6.07, 6.45) is 0.478. The molecular formula is C18H19IN2O3S. The smallest absolute Gasteiger partial charge is 0.246 e. The molecule has 0 bridgehead atoms. The van der Waals surface area contributed by atoms with Crippen LogP contribution in [0.5, 0.6) is 0 Å². The molecule has 1 aliphatic rings. The number of hydrogen-bond donors (Lipinski definition) is 1. The van der Waals surface area contributed by atoms with Crippen LogP contribution < -0.4 is 10.2 Å². The molecule has 0 saturated carbocycles. The van der Waals surface area contributed by atoms with Gasteiger partial charge in [0.25, 0.3) is 0 Å². The van der Waals surface area contributed by atoms with Crippen molar-refractivity contribution in [2.75, 3.05) is 28.3 Å². The number of nitrogens with one attached hydrogen (secondary N) is 1. The molecule has 3 rings (SSSR count). The van der Waals surface area contributed by atoms with Gasteiger partial charge in [-0.1, -0.05) is 30.3 Å². The van der Waals surface area contributed by atoms with E-state index in [1.54, 1.807) is 4.90 Å². The van der Waals surface area contributed by atoms with Crippen molar-refractivity contribution in [2.45, 2.75) is 12.5 Å². The van der Waals surface area contributed by atoms with Crippen LogP contribution in [0.2, 0.25) is 0 Å². The van der Waals surface area contributed by atoms with Crippen molar-refractivity contribution in [3.05, 3.63) is 58.2 Å². The highest BCUT2D eigenvalue weighted by Crippen LogP contribution is 2.25. The molecule has 5 nitrogen and oxygen atoms in total. The summed E-state index contributed by atoms with van der Waals surface area (Å²) in [4.78, 5) is 14.5. The van der Waals surface area contributed by atoms with Crippen molar-refractivity contribution in [3.8, 4) is 0 Å². The van der Waals surface area contributed by atoms with Crippen LogP contribution >= 0.6 is 22.6 Å². The molecule has 1 fully saturated rings. The molecule has 2 aromatic rings. The van der Waals surface area contributed by atoms with Crippen molar-refractivity contribution in [2.24, 2.45) is 0 Å². The van der Waals surface area contributed by atoms with Crippen LogP contribution in [-0.2, 0) is 14.6 Å². The Morgan fingerprint density at radius 1 is 1.12 bits per heavy atom. The number of rotatable bonds is 5. The fourth-order valence-corrected chi connectivity index (χ4v) is 5.26. The maximum atomic E-state index is 12.9. The van der Waals surface area contributed by atoms with Crippen molar-refractivity contribution < 1.29 is 13.2 Å². The Morgan fingerprint density at radius 2 is 1.80 bits per heavy atom. The standard InChI is InChI=1S/C18H19IN2O3S/c19-16-8-4-5-9-17(16)20-12-18(22)21(14-6-2-1-3-7-14)15-10-11-25(23,24)13-15/h1-9,15,20H,10-13H2/t15-/m0/s1. The average Bonchev–Trinajstić information content (AvgIpc) is 2.95. The van der Waals surface area contributed by atoms with Crippen molar-refractivity contribution in [3.63, 3.8) is 0 Å². The predicted molar refractivity (Wildman–Crippen MR) is 109 cm³/mol. The number of anilines is 2. The monoisotopic (exact) mass is 470 g/mol. The Bertz CT molecular complexity index is 856. The van der Waals surface area contributed by atoms with E-state index in [2.05, 4.69) is 27.9 Å². The van der Waals surface area contributed by atoms with E-state index < -0.39 is 9.84 Å². The lowest BCUT2D eigenvalue weighted by molar-refractivity contribution is -0.117. The highest BCUT2D eigenvalue weighted by molar-refractivity contribution is 14.1. The molecule has 1 atom stereocenters. The third-order valence-electron chi connectivity index (χ3n) is 4.18. The third kappa shape index (κ3) is 4.52. The lowest BCUT2D eigenvalue weighted by Gasteiger charge is -2.28. The lowest BCUT2D eigenvalue weighted by atomic mass is 10.1. The Balaban J connectivity index is 1.79. The van der Waals surface area contributed by atoms with Crippen LogP contribution in [0.4, 0.5) is 11.4 Å². The molecule has 25 heavy (non-hydrogen) atoms. The summed E-state index contributed by atoms with van der Waals surface area (Å²) >= 11 is 2.21. The number of carbonyl (C=O) groups excluding carboxylic acids is 1. The molecule has 1 saturated heterocycles. The molecular weight excluding hydrogens is 451 g/mol. The molecule has 0 radical (unpaired) electrons. The zero-order valence-corrected chi connectivity index (χ0v) is 16.5. The summed E-state index contributed by atoms with van der Waals surface area (Å²) in [5, 5.41) is 3.16. The fraction of sp³-hybridized carbons (Fsp3) is 0.278. The Kier molecular flexibility index (Phi) is 5.63. The quantitative estimate of drug-likeness (QED) is 0.683. The molecule has 0 unspecified atom stereocenters. The van der Waals surface area contributed by atoms with Crippen LogP contribution in [-0.4, -0.2) is 38.4 Å². The van der Waals surface area contributed by atoms with E-state index >= 15 is 0 Å². The molecule has 0 aromatic heterocycles. The second-order valence-corrected chi connectivity index (χ2v) is 9.38. The van der Waals surface area contributed by atoms with Gasteiger partial charge in [-0.2, -0.15) is 0 Å². The summed E-state index contributed by atoms with van der Waals surface area (Å²) < 4.78 is 24.8. The molecule has 132 valence electrons. The number of nitrogens with zero attached hydrogens (tertiary/aromatic N) is 1. The summed E-state index contributed by atoms with van der Waals surface area (Å²) in [7, 11) is -3.07. The predicted octanol–water partition coefficient (Wildman–Crippen LogP) is 2.92. The SMILES string of the molecule is O=C(CNc1ccccc1I)N(c1ccccc1)[C@H]1CCS(=O)(=O)C1. The van der Waals surface area contributed by atoms with Crippen LogP contribution in [0, 0.1) is 3.57 Å². The molecule has 7 heteroatoms. The number of hydrogen-bond acceptors (Lipinski definition) is 4. The van der Waals surface area contributed by atoms with Gasteiger partial charge >= 0.3 is 0 Å². The van der Waals surface area contributed by atoms with Crippen LogP contribution in [0.25, 0.3) is 0 Å². The minimum absolute atomic E-state index is 0.0243. The number of para-hydroxylation sites is 2. The van der Waals surface area contributed by atoms with E-state index in [0.717, 1.165) is 14.9 Å². The summed E-state index contributed by atoms with van der Waals surface area (Å²) in [6.45, 7) is 0.117. The third-order valence-corrected chi connectivity index (χ3v) is 6.87. The average molecular weight is 470 g/mol. The fourth-order valence-electron chi connectivity index (χ4n) is 2.99. The van der Waals surface area contributed by atoms with Gasteiger partial charge in [0.1, 0.15) is 0 Å². The minimum Gasteiger partial charge on any atom is -0.375 e. The lowest BCUT2D eigenvalue weighted by Crippen LogP contribution is -2.44. The van der Waals surface area contributed by atoms with E-state index in [0.29, 0.717) is 6.42 Å². The van der Waals surface area contributed by atoms with Crippen LogP contribution in [0.1, 0.15) is 6.42 Å². The molecule has 1 amide bonds. The topological polar surface area (TPSA) is 66.5 Å². The zero-order chi connectivity index (χ0) is 17.9. The van der Waals surface area contributed by atoms with Gasteiger partial charge in [0, 0.05) is 14.9 Å². The largest absolute Gasteiger partial charge is 0.375 e. The highest BCUT2D eigenvalue weighted by Gasteiger charge is 2.35. The van der Waals surface area contributed by atoms with E-state index in [-0.39, 0.29) is 30.0 Å². The number of benzene rings is 2. The Hall–Kier alpha value is -1.61. The van der Waals surface area contributed by atoms with Gasteiger partial charge in [0.15, 0.2) is 9.84 Å². The van der Waals surface area contributed by atoms with Crippen molar-refractivity contribution >= 4 is 49.7 Å². The first-order valence-corrected chi connectivity index (χ1v) is 10.9. The summed E-state index contributed by atoms with van der Waals surface area (Å²) in [5.74, 6) is 0.0300. The van der Waals surface area contributed by atoms with E-state index in [1.165, 1.54) is 0 Å². The number of carbonyl (C=O) groups is 1. The van der Waals surface area contributed by atoms with Gasteiger partial charge in [-0.05, 0) is 53.3 Å². The zero-order valence-electron chi connectivity index (χ0n) is 13.6. The molecule has 1 heterocycles. The number of amides is 1. The van der Waals surface area contributed by atoms with Gasteiger partial charge in [-0.15, -0.1) is 0 Å². The molecule has 0 aliphatic carbocycles.